The zero-order chi connectivity index (χ0) is 22.8. The first-order valence-electron chi connectivity index (χ1n) is 9.41. The molecule has 0 spiro atoms. The Kier molecular flexibility index (Phi) is 5.44. The van der Waals surface area contributed by atoms with Gasteiger partial charge in [0.2, 0.25) is 11.9 Å². The number of nitrogens with one attached hydrogen (secondary N) is 2. The fourth-order valence-corrected chi connectivity index (χ4v) is 2.32. The zero-order valence-electron chi connectivity index (χ0n) is 17.4. The summed E-state index contributed by atoms with van der Waals surface area (Å²) in [6.07, 6.45) is -3.06. The van der Waals surface area contributed by atoms with Crippen molar-refractivity contribution >= 4 is 17.6 Å². The van der Waals surface area contributed by atoms with Crippen molar-refractivity contribution in [2.75, 3.05) is 17.2 Å². The lowest BCUT2D eigenvalue weighted by molar-refractivity contribution is -0.141. The molecule has 0 aromatic carbocycles. The van der Waals surface area contributed by atoms with Crippen LogP contribution in [0.25, 0.3) is 11.5 Å². The van der Waals surface area contributed by atoms with Crippen LogP contribution >= 0.6 is 0 Å². The van der Waals surface area contributed by atoms with E-state index < -0.39 is 24.0 Å². The Hall–Kier alpha value is -3.34. The molecule has 30 heavy (non-hydrogen) atoms. The Labute approximate surface area is 172 Å². The molecule has 3 N–H and O–H groups in total. The number of aryl methyl sites for hydroxylation is 1. The molecule has 0 fully saturated rings. The maximum atomic E-state index is 13.1. The minimum atomic E-state index is -4.63. The monoisotopic (exact) mass is 420 g/mol. The zero-order valence-corrected chi connectivity index (χ0v) is 16.4. The lowest BCUT2D eigenvalue weighted by Gasteiger charge is -2.18. The van der Waals surface area contributed by atoms with Crippen molar-refractivity contribution in [1.82, 2.24) is 24.9 Å². The van der Waals surface area contributed by atoms with Crippen LogP contribution in [-0.4, -0.2) is 42.1 Å². The lowest BCUT2D eigenvalue weighted by atomic mass is 10.1. The van der Waals surface area contributed by atoms with Gasteiger partial charge < -0.3 is 15.7 Å². The summed E-state index contributed by atoms with van der Waals surface area (Å²) >= 11 is 0. The quantitative estimate of drug-likeness (QED) is 0.555. The molecule has 0 aliphatic rings. The number of alkyl halides is 3. The smallest absolute Gasteiger partial charge is 0.389 e. The second-order valence-corrected chi connectivity index (χ2v) is 6.97. The van der Waals surface area contributed by atoms with Gasteiger partial charge in [-0.05, 0) is 45.0 Å². The van der Waals surface area contributed by atoms with E-state index in [0.29, 0.717) is 5.69 Å². The second kappa shape index (κ2) is 8.19. The number of anilines is 3. The van der Waals surface area contributed by atoms with E-state index >= 15 is 0 Å². The summed E-state index contributed by atoms with van der Waals surface area (Å²) in [5.74, 6) is -0.236. The van der Waals surface area contributed by atoms with Crippen LogP contribution < -0.4 is 10.6 Å². The summed E-state index contributed by atoms with van der Waals surface area (Å²) in [6, 6.07) is 6.77. The predicted octanol–water partition coefficient (Wildman–Crippen LogP) is 3.58. The molecule has 0 aliphatic carbocycles. The number of nitrogens with zero attached hydrogens (tertiary/aromatic N) is 5. The fourth-order valence-electron chi connectivity index (χ4n) is 2.32. The van der Waals surface area contributed by atoms with Gasteiger partial charge in [0.1, 0.15) is 11.4 Å². The normalized spacial score (nSPS) is 13.5. The molecule has 158 valence electrons. The molecule has 0 amide bonds. The Balaban J connectivity index is 2.04. The molecule has 0 bridgehead atoms. The van der Waals surface area contributed by atoms with Gasteiger partial charge in [0, 0.05) is 24.1 Å². The van der Waals surface area contributed by atoms with Crippen molar-refractivity contribution in [3.05, 3.63) is 47.9 Å². The summed E-state index contributed by atoms with van der Waals surface area (Å²) in [6.45, 7) is 3.42. The summed E-state index contributed by atoms with van der Waals surface area (Å²) in [5.41, 5.74) is -1.33. The highest BCUT2D eigenvalue weighted by Gasteiger charge is 2.32. The third-order valence-corrected chi connectivity index (χ3v) is 3.61. The van der Waals surface area contributed by atoms with Crippen molar-refractivity contribution in [2.45, 2.75) is 32.5 Å². The number of aromatic nitrogens is 5. The van der Waals surface area contributed by atoms with Gasteiger partial charge in [0.15, 0.2) is 5.82 Å². The SMILES string of the molecule is [2H]C(Nc1nc(Nc2ccnc(C)c2)nc(-c2cccc(C(F)(F)F)n2)n1)C(C)(C)O. The maximum absolute atomic E-state index is 13.1. The number of pyridine rings is 2. The Bertz CT molecular complexity index is 1070. The van der Waals surface area contributed by atoms with Gasteiger partial charge in [-0.2, -0.15) is 28.1 Å². The summed E-state index contributed by atoms with van der Waals surface area (Å²) in [4.78, 5) is 20.1. The summed E-state index contributed by atoms with van der Waals surface area (Å²) in [7, 11) is 0. The summed E-state index contributed by atoms with van der Waals surface area (Å²) in [5, 5.41) is 15.6. The standard InChI is InChI=1S/C19H20F3N7O/c1-11-9-12(7-8-23-11)25-17-28-15(27-16(29-17)24-10-18(2,3)30)13-5-4-6-14(26-13)19(20,21)22/h4-9,30H,10H2,1-3H3,(H2,23,24,25,27,28,29)/i10D. The molecule has 1 atom stereocenters. The maximum Gasteiger partial charge on any atom is 0.433 e. The largest absolute Gasteiger partial charge is 0.433 e. The van der Waals surface area contributed by atoms with Crippen molar-refractivity contribution < 1.29 is 19.6 Å². The van der Waals surface area contributed by atoms with E-state index in [4.69, 9.17) is 1.37 Å². The van der Waals surface area contributed by atoms with E-state index in [2.05, 4.69) is 35.6 Å². The van der Waals surface area contributed by atoms with Crippen molar-refractivity contribution in [3.63, 3.8) is 0 Å². The number of hydrogen-bond donors (Lipinski definition) is 3. The van der Waals surface area contributed by atoms with Crippen LogP contribution in [0.4, 0.5) is 30.8 Å². The van der Waals surface area contributed by atoms with Gasteiger partial charge in [-0.3, -0.25) is 4.98 Å². The third kappa shape index (κ3) is 5.83. The first-order chi connectivity index (χ1) is 14.4. The molecule has 0 aliphatic heterocycles. The molecule has 8 nitrogen and oxygen atoms in total. The predicted molar refractivity (Wildman–Crippen MR) is 105 cm³/mol. The van der Waals surface area contributed by atoms with Crippen LogP contribution in [0.5, 0.6) is 0 Å². The van der Waals surface area contributed by atoms with Crippen LogP contribution in [0.3, 0.4) is 0 Å². The number of hydrogen-bond acceptors (Lipinski definition) is 8. The van der Waals surface area contributed by atoms with E-state index in [0.717, 1.165) is 11.8 Å². The number of aliphatic hydroxyl groups is 1. The van der Waals surface area contributed by atoms with Gasteiger partial charge in [0.05, 0.1) is 6.97 Å². The molecule has 3 aromatic heterocycles. The average Bonchev–Trinajstić information content (AvgIpc) is 2.66. The van der Waals surface area contributed by atoms with E-state index in [1.54, 1.807) is 25.3 Å². The van der Waals surface area contributed by atoms with E-state index in [1.165, 1.54) is 26.0 Å². The highest BCUT2D eigenvalue weighted by Crippen LogP contribution is 2.29. The minimum Gasteiger partial charge on any atom is -0.389 e. The van der Waals surface area contributed by atoms with Crippen molar-refractivity contribution in [2.24, 2.45) is 0 Å². The Morgan fingerprint density at radius 1 is 1.07 bits per heavy atom. The van der Waals surface area contributed by atoms with Crippen LogP contribution in [0, 0.1) is 6.92 Å². The second-order valence-electron chi connectivity index (χ2n) is 6.97. The highest BCUT2D eigenvalue weighted by atomic mass is 19.4. The van der Waals surface area contributed by atoms with Crippen molar-refractivity contribution in [3.8, 4) is 11.5 Å². The van der Waals surface area contributed by atoms with Crippen LogP contribution in [0.15, 0.2) is 36.5 Å². The van der Waals surface area contributed by atoms with Crippen LogP contribution in [0.2, 0.25) is 0 Å². The van der Waals surface area contributed by atoms with Crippen LogP contribution in [-0.2, 0) is 6.18 Å². The first-order valence-corrected chi connectivity index (χ1v) is 8.83. The molecule has 0 radical (unpaired) electrons. The van der Waals surface area contributed by atoms with Crippen molar-refractivity contribution in [1.29, 1.82) is 0 Å². The van der Waals surface area contributed by atoms with Gasteiger partial charge in [-0.15, -0.1) is 0 Å². The number of halogens is 3. The molecule has 11 heteroatoms. The van der Waals surface area contributed by atoms with Gasteiger partial charge >= 0.3 is 6.18 Å². The molecular formula is C19H20F3N7O. The molecular weight excluding hydrogens is 399 g/mol. The Morgan fingerprint density at radius 3 is 2.47 bits per heavy atom. The molecule has 0 saturated heterocycles. The highest BCUT2D eigenvalue weighted by molar-refractivity contribution is 5.59. The summed E-state index contributed by atoms with van der Waals surface area (Å²) < 4.78 is 47.2. The topological polar surface area (TPSA) is 109 Å². The van der Waals surface area contributed by atoms with Gasteiger partial charge in [-0.1, -0.05) is 6.07 Å². The van der Waals surface area contributed by atoms with E-state index in [-0.39, 0.29) is 23.4 Å². The minimum absolute atomic E-state index is 0.0141. The third-order valence-electron chi connectivity index (χ3n) is 3.61. The number of rotatable bonds is 6. The lowest BCUT2D eigenvalue weighted by Crippen LogP contribution is -2.30. The Morgan fingerprint density at radius 2 is 1.80 bits per heavy atom. The molecule has 3 rings (SSSR count). The first kappa shape index (κ1) is 20.0. The molecule has 3 heterocycles. The van der Waals surface area contributed by atoms with E-state index in [9.17, 15) is 18.3 Å². The molecule has 0 saturated carbocycles. The molecule has 3 aromatic rings. The van der Waals surface area contributed by atoms with E-state index in [1.807, 2.05) is 0 Å². The average molecular weight is 420 g/mol. The van der Waals surface area contributed by atoms with Gasteiger partial charge in [0.25, 0.3) is 0 Å². The fraction of sp³-hybridized carbons (Fsp3) is 0.316. The van der Waals surface area contributed by atoms with Gasteiger partial charge in [-0.25, -0.2) is 4.98 Å². The molecule has 1 unspecified atom stereocenters. The van der Waals surface area contributed by atoms with Crippen LogP contribution in [0.1, 0.15) is 26.6 Å².